The average Bonchev–Trinajstić information content (AvgIpc) is 2.56. The van der Waals surface area contributed by atoms with Crippen molar-refractivity contribution in [3.05, 3.63) is 41.5 Å². The van der Waals surface area contributed by atoms with E-state index in [1.165, 1.54) is 50.4 Å². The van der Waals surface area contributed by atoms with Crippen LogP contribution in [0.2, 0.25) is 0 Å². The zero-order chi connectivity index (χ0) is 16.5. The summed E-state index contributed by atoms with van der Waals surface area (Å²) in [5.74, 6) is 0.702. The zero-order valence-corrected chi connectivity index (χ0v) is 15.1. The van der Waals surface area contributed by atoms with Crippen LogP contribution in [0.3, 0.4) is 0 Å². The van der Waals surface area contributed by atoms with Gasteiger partial charge < -0.3 is 15.1 Å². The molecule has 0 bridgehead atoms. The van der Waals surface area contributed by atoms with Gasteiger partial charge in [0, 0.05) is 39.3 Å². The van der Waals surface area contributed by atoms with E-state index in [0.717, 1.165) is 13.1 Å². The van der Waals surface area contributed by atoms with Crippen LogP contribution < -0.4 is 5.32 Å². The van der Waals surface area contributed by atoms with Crippen molar-refractivity contribution in [1.82, 2.24) is 15.1 Å². The monoisotopic (exact) mass is 315 g/mol. The molecule has 1 heterocycles. The number of nitrogens with one attached hydrogen (secondary N) is 1. The Morgan fingerprint density at radius 3 is 2.43 bits per heavy atom. The predicted octanol–water partition coefficient (Wildman–Crippen LogP) is 2.95. The lowest BCUT2D eigenvalue weighted by Crippen LogP contribution is -2.48. The predicted molar refractivity (Wildman–Crippen MR) is 101 cm³/mol. The van der Waals surface area contributed by atoms with E-state index in [1.807, 2.05) is 0 Å². The minimum Gasteiger partial charge on any atom is -0.313 e. The van der Waals surface area contributed by atoms with E-state index in [0.29, 0.717) is 5.92 Å². The van der Waals surface area contributed by atoms with Crippen LogP contribution in [0.25, 0.3) is 6.08 Å². The van der Waals surface area contributed by atoms with Crippen molar-refractivity contribution in [1.29, 1.82) is 0 Å². The highest BCUT2D eigenvalue weighted by molar-refractivity contribution is 5.52. The molecule has 128 valence electrons. The Bertz CT molecular complexity index is 461. The van der Waals surface area contributed by atoms with Gasteiger partial charge in [0.05, 0.1) is 0 Å². The van der Waals surface area contributed by atoms with E-state index in [-0.39, 0.29) is 0 Å². The molecule has 0 amide bonds. The summed E-state index contributed by atoms with van der Waals surface area (Å²) in [5, 5.41) is 3.61. The largest absolute Gasteiger partial charge is 0.313 e. The second kappa shape index (κ2) is 9.86. The summed E-state index contributed by atoms with van der Waals surface area (Å²) in [7, 11) is 0. The molecule has 0 aliphatic carbocycles. The van der Waals surface area contributed by atoms with Crippen molar-refractivity contribution in [2.45, 2.75) is 20.8 Å². The Kier molecular flexibility index (Phi) is 7.80. The number of nitrogens with zero attached hydrogens (tertiary/aromatic N) is 2. The molecule has 1 aromatic rings. The number of benzene rings is 1. The first-order valence-electron chi connectivity index (χ1n) is 9.05. The third kappa shape index (κ3) is 6.86. The van der Waals surface area contributed by atoms with Crippen molar-refractivity contribution >= 4 is 6.08 Å². The molecular weight excluding hydrogens is 282 g/mol. The van der Waals surface area contributed by atoms with Crippen molar-refractivity contribution in [2.24, 2.45) is 5.92 Å². The lowest BCUT2D eigenvalue weighted by atomic mass is 10.1. The Morgan fingerprint density at radius 2 is 1.78 bits per heavy atom. The maximum absolute atomic E-state index is 3.61. The molecule has 3 heteroatoms. The van der Waals surface area contributed by atoms with Crippen molar-refractivity contribution < 1.29 is 0 Å². The number of piperazine rings is 1. The van der Waals surface area contributed by atoms with Crippen LogP contribution in [-0.2, 0) is 0 Å². The molecule has 0 spiro atoms. The molecular formula is C20H33N3. The van der Waals surface area contributed by atoms with E-state index in [1.54, 1.807) is 0 Å². The molecule has 0 saturated carbocycles. The highest BCUT2D eigenvalue weighted by Gasteiger charge is 2.16. The van der Waals surface area contributed by atoms with Gasteiger partial charge in [0.2, 0.25) is 0 Å². The fourth-order valence-electron chi connectivity index (χ4n) is 3.19. The van der Waals surface area contributed by atoms with Gasteiger partial charge in [-0.05, 0) is 31.5 Å². The lowest BCUT2D eigenvalue weighted by Gasteiger charge is -2.35. The van der Waals surface area contributed by atoms with Gasteiger partial charge in [0.25, 0.3) is 0 Å². The van der Waals surface area contributed by atoms with E-state index >= 15 is 0 Å². The minimum absolute atomic E-state index is 0.702. The van der Waals surface area contributed by atoms with Crippen LogP contribution >= 0.6 is 0 Å². The zero-order valence-electron chi connectivity index (χ0n) is 15.1. The Balaban J connectivity index is 1.63. The van der Waals surface area contributed by atoms with Gasteiger partial charge in [-0.2, -0.15) is 0 Å². The van der Waals surface area contributed by atoms with Gasteiger partial charge in [0.1, 0.15) is 0 Å². The molecule has 23 heavy (non-hydrogen) atoms. The maximum atomic E-state index is 3.61. The van der Waals surface area contributed by atoms with Crippen molar-refractivity contribution in [3.8, 4) is 0 Å². The molecule has 1 unspecified atom stereocenters. The number of hydrogen-bond acceptors (Lipinski definition) is 3. The molecule has 1 atom stereocenters. The van der Waals surface area contributed by atoms with Gasteiger partial charge in [-0.1, -0.05) is 55.8 Å². The van der Waals surface area contributed by atoms with E-state index in [4.69, 9.17) is 0 Å². The van der Waals surface area contributed by atoms with E-state index in [2.05, 4.69) is 72.3 Å². The smallest absolute Gasteiger partial charge is 0.0165 e. The normalized spacial score (nSPS) is 19.0. The first kappa shape index (κ1) is 18.2. The lowest BCUT2D eigenvalue weighted by molar-refractivity contribution is 0.124. The first-order chi connectivity index (χ1) is 11.2. The molecule has 0 radical (unpaired) electrons. The third-order valence-electron chi connectivity index (χ3n) is 4.59. The second-order valence-electron chi connectivity index (χ2n) is 6.87. The first-order valence-corrected chi connectivity index (χ1v) is 9.05. The molecule has 1 fully saturated rings. The topological polar surface area (TPSA) is 18.5 Å². The van der Waals surface area contributed by atoms with Crippen molar-refractivity contribution in [3.63, 3.8) is 0 Å². The summed E-state index contributed by atoms with van der Waals surface area (Å²) in [5.41, 5.74) is 2.67. The van der Waals surface area contributed by atoms with Crippen LogP contribution in [0, 0.1) is 5.92 Å². The molecule has 1 aliphatic rings. The molecule has 0 aromatic heterocycles. The summed E-state index contributed by atoms with van der Waals surface area (Å²) in [6.45, 7) is 16.2. The molecule has 1 aromatic carbocycles. The van der Waals surface area contributed by atoms with Crippen molar-refractivity contribution in [2.75, 3.05) is 52.4 Å². The quantitative estimate of drug-likeness (QED) is 0.796. The number of likely N-dealkylation sites (N-methyl/N-ethyl adjacent to an activating group) is 1. The van der Waals surface area contributed by atoms with Gasteiger partial charge in [-0.15, -0.1) is 0 Å². The van der Waals surface area contributed by atoms with Gasteiger partial charge in [-0.25, -0.2) is 0 Å². The summed E-state index contributed by atoms with van der Waals surface area (Å²) >= 11 is 0. The minimum atomic E-state index is 0.702. The summed E-state index contributed by atoms with van der Waals surface area (Å²) in [6, 6.07) is 10.6. The Hall–Kier alpha value is -1.16. The van der Waals surface area contributed by atoms with Crippen LogP contribution in [-0.4, -0.2) is 62.2 Å². The molecule has 3 nitrogen and oxygen atoms in total. The van der Waals surface area contributed by atoms with Gasteiger partial charge in [-0.3, -0.25) is 0 Å². The fraction of sp³-hybridized carbons (Fsp3) is 0.600. The Labute approximate surface area is 142 Å². The average molecular weight is 316 g/mol. The summed E-state index contributed by atoms with van der Waals surface area (Å²) < 4.78 is 0. The maximum Gasteiger partial charge on any atom is 0.0165 e. The van der Waals surface area contributed by atoms with E-state index in [9.17, 15) is 0 Å². The number of hydrogen-bond donors (Lipinski definition) is 1. The SMILES string of the molecule is CCN1CCN(CC(C)CNC/C(C)=C/c2ccccc2)CC1. The van der Waals surface area contributed by atoms with Gasteiger partial charge >= 0.3 is 0 Å². The fourth-order valence-corrected chi connectivity index (χ4v) is 3.19. The molecule has 1 aliphatic heterocycles. The highest BCUT2D eigenvalue weighted by Crippen LogP contribution is 2.07. The Morgan fingerprint density at radius 1 is 1.13 bits per heavy atom. The second-order valence-corrected chi connectivity index (χ2v) is 6.87. The van der Waals surface area contributed by atoms with E-state index < -0.39 is 0 Å². The summed E-state index contributed by atoms with van der Waals surface area (Å²) in [6.07, 6.45) is 2.27. The van der Waals surface area contributed by atoms with Crippen LogP contribution in [0.15, 0.2) is 35.9 Å². The molecule has 1 N–H and O–H groups in total. The third-order valence-corrected chi connectivity index (χ3v) is 4.59. The van der Waals surface area contributed by atoms with Crippen LogP contribution in [0.5, 0.6) is 0 Å². The molecule has 1 saturated heterocycles. The van der Waals surface area contributed by atoms with Crippen LogP contribution in [0.4, 0.5) is 0 Å². The standard InChI is InChI=1S/C20H33N3/c1-4-22-10-12-23(13-11-22)17-19(3)16-21-15-18(2)14-20-8-6-5-7-9-20/h5-9,14,19,21H,4,10-13,15-17H2,1-3H3/b18-14+. The molecule has 2 rings (SSSR count). The highest BCUT2D eigenvalue weighted by atomic mass is 15.3. The van der Waals surface area contributed by atoms with Crippen LogP contribution in [0.1, 0.15) is 26.3 Å². The summed E-state index contributed by atoms with van der Waals surface area (Å²) in [4.78, 5) is 5.16. The number of rotatable bonds is 8. The van der Waals surface area contributed by atoms with Gasteiger partial charge in [0.15, 0.2) is 0 Å².